The van der Waals surface area contributed by atoms with Gasteiger partial charge in [0.2, 0.25) is 5.91 Å². The van der Waals surface area contributed by atoms with E-state index >= 15 is 0 Å². The van der Waals surface area contributed by atoms with E-state index in [1.165, 1.54) is 0 Å². The van der Waals surface area contributed by atoms with Crippen LogP contribution in [0.2, 0.25) is 5.02 Å². The molecular weight excluding hydrogens is 630 g/mol. The van der Waals surface area contributed by atoms with Crippen LogP contribution in [0.3, 0.4) is 0 Å². The van der Waals surface area contributed by atoms with Gasteiger partial charge in [0.1, 0.15) is 17.0 Å². The Kier molecular flexibility index (Phi) is 10.3. The smallest absolute Gasteiger partial charge is 0.410 e. The molecule has 5 rings (SSSR count). The summed E-state index contributed by atoms with van der Waals surface area (Å²) in [5.41, 5.74) is 5.37. The maximum Gasteiger partial charge on any atom is 0.410 e. The van der Waals surface area contributed by atoms with Crippen LogP contribution < -0.4 is 15.4 Å². The Morgan fingerprint density at radius 2 is 1.90 bits per heavy atom. The second-order valence-electron chi connectivity index (χ2n) is 12.7. The number of aromatic nitrogens is 2. The lowest BCUT2D eigenvalue weighted by atomic mass is 9.97. The van der Waals surface area contributed by atoms with E-state index < -0.39 is 11.7 Å². The van der Waals surface area contributed by atoms with Crippen LogP contribution in [0.1, 0.15) is 60.8 Å². The molecule has 2 aromatic heterocycles. The minimum absolute atomic E-state index is 0.0261. The van der Waals surface area contributed by atoms with Crippen LogP contribution >= 0.6 is 11.6 Å². The van der Waals surface area contributed by atoms with Gasteiger partial charge in [-0.3, -0.25) is 19.6 Å². The molecular formula is C37H39ClN5O5. The fraction of sp³-hybridized carbons (Fsp3) is 0.297. The molecule has 1 saturated heterocycles. The van der Waals surface area contributed by atoms with Crippen LogP contribution in [-0.2, 0) is 16.1 Å². The summed E-state index contributed by atoms with van der Waals surface area (Å²) in [5.74, 6) is 0.185. The second-order valence-corrected chi connectivity index (χ2v) is 13.1. The molecule has 1 aliphatic rings. The molecule has 0 aliphatic carbocycles. The van der Waals surface area contributed by atoms with E-state index in [2.05, 4.69) is 27.5 Å². The van der Waals surface area contributed by atoms with Crippen molar-refractivity contribution >= 4 is 35.2 Å². The molecule has 10 nitrogen and oxygen atoms in total. The number of carbonyl (C=O) groups is 3. The monoisotopic (exact) mass is 668 g/mol. The quantitative estimate of drug-likeness (QED) is 0.193. The Morgan fingerprint density at radius 1 is 1.10 bits per heavy atom. The molecule has 0 saturated carbocycles. The number of hydrogen-bond donors (Lipinski definition) is 2. The molecule has 3 heterocycles. The highest BCUT2D eigenvalue weighted by atomic mass is 35.5. The number of nitrogens with zero attached hydrogens (tertiary/aromatic N) is 3. The zero-order valence-electron chi connectivity index (χ0n) is 27.7. The topological polar surface area (TPSA) is 123 Å². The Bertz CT molecular complexity index is 1840. The molecule has 2 N–H and O–H groups in total. The Hall–Kier alpha value is -4.96. The lowest BCUT2D eigenvalue weighted by Gasteiger charge is -2.29. The number of nitrogens with one attached hydrogen (secondary N) is 2. The van der Waals surface area contributed by atoms with E-state index in [1.54, 1.807) is 36.5 Å². The highest BCUT2D eigenvalue weighted by Crippen LogP contribution is 2.39. The summed E-state index contributed by atoms with van der Waals surface area (Å²) in [6, 6.07) is 16.3. The molecule has 4 aromatic rings. The van der Waals surface area contributed by atoms with E-state index in [-0.39, 0.29) is 30.1 Å². The molecule has 1 radical (unpaired) electrons. The Labute approximate surface area is 285 Å². The molecule has 249 valence electrons. The number of amides is 3. The maximum atomic E-state index is 13.2. The number of rotatable bonds is 9. The standard InChI is InChI=1S/C37H39ClN5O5/c1-22-10-14-30(40-19-22)35(45)42-29-9-7-8-27(23(29)2)28-16-17-39-34(33(28)38)24-11-12-25(31(18-24)47-6)20-43(36(46)48-37(3,4)5)21-26-13-15-32(44)41-26/h7-12,14,16-19,26H,1,13,15,20-21H2,2-6H3,(H,41,44)(H,42,45)/t26-/m0/s1. The van der Waals surface area contributed by atoms with Crippen LogP contribution in [-0.4, -0.2) is 58.1 Å². The lowest BCUT2D eigenvalue weighted by molar-refractivity contribution is -0.119. The van der Waals surface area contributed by atoms with Crippen molar-refractivity contribution in [1.29, 1.82) is 0 Å². The van der Waals surface area contributed by atoms with Crippen LogP contribution in [0.25, 0.3) is 22.4 Å². The predicted octanol–water partition coefficient (Wildman–Crippen LogP) is 7.23. The molecule has 1 aliphatic heterocycles. The van der Waals surface area contributed by atoms with E-state index in [0.717, 1.165) is 33.4 Å². The molecule has 48 heavy (non-hydrogen) atoms. The third-order valence-electron chi connectivity index (χ3n) is 7.92. The van der Waals surface area contributed by atoms with Crippen molar-refractivity contribution in [3.8, 4) is 28.1 Å². The Balaban J connectivity index is 1.42. The fourth-order valence-electron chi connectivity index (χ4n) is 5.50. The van der Waals surface area contributed by atoms with Crippen molar-refractivity contribution in [2.45, 2.75) is 58.7 Å². The van der Waals surface area contributed by atoms with Crippen LogP contribution in [0.15, 0.2) is 67.0 Å². The third kappa shape index (κ3) is 8.12. The molecule has 3 amide bonds. The summed E-state index contributed by atoms with van der Waals surface area (Å²) in [7, 11) is 1.56. The summed E-state index contributed by atoms with van der Waals surface area (Å²) in [5, 5.41) is 6.31. The zero-order valence-corrected chi connectivity index (χ0v) is 28.5. The van der Waals surface area contributed by atoms with Gasteiger partial charge in [-0.15, -0.1) is 0 Å². The van der Waals surface area contributed by atoms with E-state index in [9.17, 15) is 14.4 Å². The number of anilines is 1. The molecule has 1 fully saturated rings. The van der Waals surface area contributed by atoms with Crippen molar-refractivity contribution in [2.75, 3.05) is 19.0 Å². The molecule has 0 bridgehead atoms. The van der Waals surface area contributed by atoms with Gasteiger partial charge in [-0.2, -0.15) is 0 Å². The van der Waals surface area contributed by atoms with E-state index in [0.29, 0.717) is 41.5 Å². The number of carbonyl (C=O) groups excluding carboxylic acids is 3. The number of hydrogen-bond acceptors (Lipinski definition) is 7. The molecule has 1 atom stereocenters. The average molecular weight is 669 g/mol. The van der Waals surface area contributed by atoms with Crippen LogP contribution in [0.5, 0.6) is 5.75 Å². The largest absolute Gasteiger partial charge is 0.496 e. The summed E-state index contributed by atoms with van der Waals surface area (Å²) < 4.78 is 11.5. The van der Waals surface area contributed by atoms with Gasteiger partial charge in [-0.1, -0.05) is 41.9 Å². The third-order valence-corrected chi connectivity index (χ3v) is 8.30. The van der Waals surface area contributed by atoms with Crippen LogP contribution in [0.4, 0.5) is 10.5 Å². The first-order valence-electron chi connectivity index (χ1n) is 15.6. The first-order chi connectivity index (χ1) is 22.8. The van der Waals surface area contributed by atoms with Gasteiger partial charge in [0, 0.05) is 53.8 Å². The number of methoxy groups -OCH3 is 1. The first-order valence-corrected chi connectivity index (χ1v) is 16.0. The zero-order chi connectivity index (χ0) is 34.6. The normalized spacial score (nSPS) is 14.3. The number of ether oxygens (including phenoxy) is 2. The van der Waals surface area contributed by atoms with Crippen molar-refractivity contribution in [3.63, 3.8) is 0 Å². The molecule has 0 unspecified atom stereocenters. The minimum atomic E-state index is -0.685. The van der Waals surface area contributed by atoms with Gasteiger partial charge < -0.3 is 25.0 Å². The fourth-order valence-corrected chi connectivity index (χ4v) is 5.82. The highest BCUT2D eigenvalue weighted by Gasteiger charge is 2.29. The van der Waals surface area contributed by atoms with Gasteiger partial charge in [-0.25, -0.2) is 4.79 Å². The molecule has 2 aromatic carbocycles. The van der Waals surface area contributed by atoms with Crippen molar-refractivity contribution in [2.24, 2.45) is 0 Å². The van der Waals surface area contributed by atoms with Crippen molar-refractivity contribution < 1.29 is 23.9 Å². The maximum absolute atomic E-state index is 13.2. The first kappa shape index (κ1) is 34.4. The van der Waals surface area contributed by atoms with Gasteiger partial charge in [0.15, 0.2) is 0 Å². The number of benzene rings is 2. The number of halogens is 1. The second kappa shape index (κ2) is 14.4. The van der Waals surface area contributed by atoms with E-state index in [4.69, 9.17) is 21.1 Å². The minimum Gasteiger partial charge on any atom is -0.496 e. The summed E-state index contributed by atoms with van der Waals surface area (Å²) in [6.45, 7) is 11.7. The van der Waals surface area contributed by atoms with Crippen molar-refractivity contribution in [3.05, 3.63) is 101 Å². The number of pyridine rings is 2. The van der Waals surface area contributed by atoms with Crippen molar-refractivity contribution in [1.82, 2.24) is 20.2 Å². The highest BCUT2D eigenvalue weighted by molar-refractivity contribution is 6.35. The average Bonchev–Trinajstić information content (AvgIpc) is 3.46. The van der Waals surface area contributed by atoms with E-state index in [1.807, 2.05) is 70.2 Å². The lowest BCUT2D eigenvalue weighted by Crippen LogP contribution is -2.43. The SMILES string of the molecule is [CH2]c1ccc(C(=O)Nc2cccc(-c3ccnc(-c4ccc(CN(C[C@@H]5CCC(=O)N5)C(=O)OC(C)(C)C)c(OC)c4)c3Cl)c2C)nc1. The molecule has 11 heteroatoms. The van der Waals surface area contributed by atoms with Gasteiger partial charge in [0.25, 0.3) is 5.91 Å². The van der Waals surface area contributed by atoms with Crippen LogP contribution in [0, 0.1) is 13.8 Å². The van der Waals surface area contributed by atoms with Gasteiger partial charge in [0.05, 0.1) is 24.4 Å². The summed E-state index contributed by atoms with van der Waals surface area (Å²) in [4.78, 5) is 48.3. The van der Waals surface area contributed by atoms with Gasteiger partial charge in [-0.05, 0) is 82.0 Å². The van der Waals surface area contributed by atoms with Gasteiger partial charge >= 0.3 is 6.09 Å². The molecule has 0 spiro atoms. The Morgan fingerprint density at radius 3 is 2.56 bits per heavy atom. The predicted molar refractivity (Wildman–Crippen MR) is 186 cm³/mol. The summed E-state index contributed by atoms with van der Waals surface area (Å²) in [6.07, 6.45) is 3.83. The summed E-state index contributed by atoms with van der Waals surface area (Å²) >= 11 is 7.04.